The van der Waals surface area contributed by atoms with Gasteiger partial charge in [-0.05, 0) is 42.9 Å². The molecule has 1 aromatic heterocycles. The Morgan fingerprint density at radius 1 is 1.42 bits per heavy atom. The fraction of sp³-hybridized carbons (Fsp3) is 0.333. The second-order valence-electron chi connectivity index (χ2n) is 4.80. The maximum atomic E-state index is 11.8. The normalized spacial score (nSPS) is 14.4. The standard InChI is InChI=1S/C15H15NO2S/c1-9-16-13(15(17)18-2)14(19-9)12-5-3-4-11(8-12)10-6-7-10/h3-5,8,10H,6-7H2,1-2H3. The summed E-state index contributed by atoms with van der Waals surface area (Å²) in [4.78, 5) is 17.0. The quantitative estimate of drug-likeness (QED) is 0.799. The highest BCUT2D eigenvalue weighted by Crippen LogP contribution is 2.42. The minimum absolute atomic E-state index is 0.365. The fourth-order valence-corrected chi connectivity index (χ4v) is 3.11. The fourth-order valence-electron chi connectivity index (χ4n) is 2.21. The van der Waals surface area contributed by atoms with E-state index in [0.29, 0.717) is 11.6 Å². The molecule has 0 radical (unpaired) electrons. The molecule has 0 saturated heterocycles. The smallest absolute Gasteiger partial charge is 0.358 e. The second-order valence-corrected chi connectivity index (χ2v) is 6.01. The molecule has 1 aromatic carbocycles. The lowest BCUT2D eigenvalue weighted by Gasteiger charge is -2.04. The van der Waals surface area contributed by atoms with Gasteiger partial charge in [-0.25, -0.2) is 9.78 Å². The number of thiazole rings is 1. The van der Waals surface area contributed by atoms with Crippen molar-refractivity contribution in [2.45, 2.75) is 25.7 Å². The van der Waals surface area contributed by atoms with E-state index in [2.05, 4.69) is 23.2 Å². The summed E-state index contributed by atoms with van der Waals surface area (Å²) in [6.07, 6.45) is 2.55. The van der Waals surface area contributed by atoms with Crippen LogP contribution in [-0.4, -0.2) is 18.1 Å². The summed E-state index contributed by atoms with van der Waals surface area (Å²) in [5, 5.41) is 0.882. The van der Waals surface area contributed by atoms with E-state index in [-0.39, 0.29) is 5.97 Å². The van der Waals surface area contributed by atoms with Gasteiger partial charge in [0.1, 0.15) is 0 Å². The van der Waals surface area contributed by atoms with Gasteiger partial charge in [-0.15, -0.1) is 11.3 Å². The van der Waals surface area contributed by atoms with E-state index in [1.807, 2.05) is 13.0 Å². The highest BCUT2D eigenvalue weighted by molar-refractivity contribution is 7.15. The molecule has 0 N–H and O–H groups in total. The van der Waals surface area contributed by atoms with Crippen molar-refractivity contribution in [1.82, 2.24) is 4.98 Å². The summed E-state index contributed by atoms with van der Waals surface area (Å²) in [6.45, 7) is 1.91. The van der Waals surface area contributed by atoms with Crippen molar-refractivity contribution in [1.29, 1.82) is 0 Å². The number of nitrogens with zero attached hydrogens (tertiary/aromatic N) is 1. The Labute approximate surface area is 116 Å². The molecule has 1 aliphatic carbocycles. The number of hydrogen-bond donors (Lipinski definition) is 0. The molecule has 0 spiro atoms. The van der Waals surface area contributed by atoms with Gasteiger partial charge in [0.15, 0.2) is 5.69 Å². The summed E-state index contributed by atoms with van der Waals surface area (Å²) in [6, 6.07) is 8.42. The molecule has 0 aliphatic heterocycles. The van der Waals surface area contributed by atoms with Gasteiger partial charge < -0.3 is 4.74 Å². The summed E-state index contributed by atoms with van der Waals surface area (Å²) >= 11 is 1.54. The van der Waals surface area contributed by atoms with Gasteiger partial charge in [0.25, 0.3) is 0 Å². The lowest BCUT2D eigenvalue weighted by Crippen LogP contribution is -2.03. The topological polar surface area (TPSA) is 39.2 Å². The van der Waals surface area contributed by atoms with Gasteiger partial charge in [0, 0.05) is 0 Å². The number of aryl methyl sites for hydroxylation is 1. The molecule has 1 saturated carbocycles. The van der Waals surface area contributed by atoms with Gasteiger partial charge in [-0.2, -0.15) is 0 Å². The summed E-state index contributed by atoms with van der Waals surface area (Å²) in [7, 11) is 1.39. The number of methoxy groups -OCH3 is 1. The van der Waals surface area contributed by atoms with Gasteiger partial charge in [-0.3, -0.25) is 0 Å². The molecule has 98 valence electrons. The van der Waals surface area contributed by atoms with Crippen molar-refractivity contribution >= 4 is 17.3 Å². The highest BCUT2D eigenvalue weighted by Gasteiger charge is 2.25. The van der Waals surface area contributed by atoms with Crippen molar-refractivity contribution in [2.24, 2.45) is 0 Å². The molecule has 0 atom stereocenters. The monoisotopic (exact) mass is 273 g/mol. The number of aromatic nitrogens is 1. The molecule has 0 unspecified atom stereocenters. The van der Waals surface area contributed by atoms with Gasteiger partial charge in [0.05, 0.1) is 17.0 Å². The van der Waals surface area contributed by atoms with Crippen LogP contribution >= 0.6 is 11.3 Å². The van der Waals surface area contributed by atoms with Crippen molar-refractivity contribution < 1.29 is 9.53 Å². The Morgan fingerprint density at radius 3 is 2.89 bits per heavy atom. The van der Waals surface area contributed by atoms with Crippen LogP contribution in [0.2, 0.25) is 0 Å². The van der Waals surface area contributed by atoms with Crippen LogP contribution in [0, 0.1) is 6.92 Å². The summed E-state index contributed by atoms with van der Waals surface area (Å²) in [5.74, 6) is 0.340. The van der Waals surface area contributed by atoms with E-state index in [4.69, 9.17) is 4.74 Å². The predicted molar refractivity (Wildman–Crippen MR) is 75.6 cm³/mol. The number of carbonyl (C=O) groups excluding carboxylic acids is 1. The number of carbonyl (C=O) groups is 1. The van der Waals surface area contributed by atoms with Gasteiger partial charge in [-0.1, -0.05) is 18.2 Å². The molecule has 0 amide bonds. The van der Waals surface area contributed by atoms with Crippen molar-refractivity contribution in [3.8, 4) is 10.4 Å². The van der Waals surface area contributed by atoms with Crippen LogP contribution in [-0.2, 0) is 4.74 Å². The van der Waals surface area contributed by atoms with E-state index in [9.17, 15) is 4.79 Å². The minimum atomic E-state index is -0.365. The van der Waals surface area contributed by atoms with E-state index in [0.717, 1.165) is 15.4 Å². The Bertz CT molecular complexity index is 629. The average molecular weight is 273 g/mol. The molecule has 2 aromatic rings. The van der Waals surface area contributed by atoms with E-state index >= 15 is 0 Å². The third-order valence-electron chi connectivity index (χ3n) is 3.31. The lowest BCUT2D eigenvalue weighted by molar-refractivity contribution is 0.0595. The van der Waals surface area contributed by atoms with E-state index in [1.54, 1.807) is 11.3 Å². The summed E-state index contributed by atoms with van der Waals surface area (Å²) in [5.41, 5.74) is 2.85. The first-order chi connectivity index (χ1) is 9.19. The Balaban J connectivity index is 2.05. The molecule has 4 heteroatoms. The molecule has 1 aliphatic rings. The molecule has 1 fully saturated rings. The average Bonchev–Trinajstić information content (AvgIpc) is 3.21. The molecule has 19 heavy (non-hydrogen) atoms. The van der Waals surface area contributed by atoms with E-state index in [1.165, 1.54) is 25.5 Å². The Morgan fingerprint density at radius 2 is 2.21 bits per heavy atom. The molecule has 3 rings (SSSR count). The summed E-state index contributed by atoms with van der Waals surface area (Å²) < 4.78 is 4.81. The van der Waals surface area contributed by atoms with Crippen molar-refractivity contribution in [3.63, 3.8) is 0 Å². The maximum Gasteiger partial charge on any atom is 0.358 e. The zero-order valence-corrected chi connectivity index (χ0v) is 11.8. The number of esters is 1. The van der Waals surface area contributed by atoms with Crippen molar-refractivity contribution in [3.05, 3.63) is 40.5 Å². The molecular formula is C15H15NO2S. The third-order valence-corrected chi connectivity index (χ3v) is 4.33. The first-order valence-electron chi connectivity index (χ1n) is 6.35. The Kier molecular flexibility index (Phi) is 3.11. The lowest BCUT2D eigenvalue weighted by atomic mass is 10.1. The largest absolute Gasteiger partial charge is 0.464 e. The van der Waals surface area contributed by atoms with Crippen LogP contribution in [0.15, 0.2) is 24.3 Å². The zero-order valence-electron chi connectivity index (χ0n) is 11.0. The predicted octanol–water partition coefficient (Wildman–Crippen LogP) is 3.78. The van der Waals surface area contributed by atoms with Crippen LogP contribution in [0.5, 0.6) is 0 Å². The number of rotatable bonds is 3. The molecular weight excluding hydrogens is 258 g/mol. The molecule has 1 heterocycles. The van der Waals surface area contributed by atoms with Crippen LogP contribution in [0.4, 0.5) is 0 Å². The van der Waals surface area contributed by atoms with Crippen LogP contribution in [0.25, 0.3) is 10.4 Å². The van der Waals surface area contributed by atoms with Crippen LogP contribution in [0.1, 0.15) is 39.8 Å². The minimum Gasteiger partial charge on any atom is -0.464 e. The zero-order chi connectivity index (χ0) is 13.4. The van der Waals surface area contributed by atoms with Crippen LogP contribution < -0.4 is 0 Å². The highest BCUT2D eigenvalue weighted by atomic mass is 32.1. The Hall–Kier alpha value is -1.68. The molecule has 0 bridgehead atoms. The first kappa shape index (κ1) is 12.4. The van der Waals surface area contributed by atoms with Gasteiger partial charge >= 0.3 is 5.97 Å². The van der Waals surface area contributed by atoms with Crippen molar-refractivity contribution in [2.75, 3.05) is 7.11 Å². The molecule has 3 nitrogen and oxygen atoms in total. The second kappa shape index (κ2) is 4.78. The SMILES string of the molecule is COC(=O)c1nc(C)sc1-c1cccc(C2CC2)c1. The van der Waals surface area contributed by atoms with E-state index < -0.39 is 0 Å². The third kappa shape index (κ3) is 2.40. The number of hydrogen-bond acceptors (Lipinski definition) is 4. The maximum absolute atomic E-state index is 11.8. The number of benzene rings is 1. The first-order valence-corrected chi connectivity index (χ1v) is 7.16. The van der Waals surface area contributed by atoms with Gasteiger partial charge in [0.2, 0.25) is 0 Å². The number of ether oxygens (including phenoxy) is 1. The van der Waals surface area contributed by atoms with Crippen LogP contribution in [0.3, 0.4) is 0 Å².